The predicted octanol–water partition coefficient (Wildman–Crippen LogP) is 3.70. The molecule has 1 heterocycles. The molecular formula is C16H29N3. The van der Waals surface area contributed by atoms with Crippen LogP contribution in [0.4, 0.5) is 0 Å². The number of hydrogen-bond donors (Lipinski definition) is 1. The van der Waals surface area contributed by atoms with Gasteiger partial charge in [-0.25, -0.2) is 0 Å². The van der Waals surface area contributed by atoms with Crippen molar-refractivity contribution in [1.82, 2.24) is 15.1 Å². The van der Waals surface area contributed by atoms with E-state index in [1.165, 1.54) is 37.7 Å². The monoisotopic (exact) mass is 263 g/mol. The van der Waals surface area contributed by atoms with E-state index >= 15 is 0 Å². The molecule has 1 N–H and O–H groups in total. The van der Waals surface area contributed by atoms with E-state index < -0.39 is 0 Å². The summed E-state index contributed by atoms with van der Waals surface area (Å²) in [5, 5.41) is 8.20. The molecule has 0 aliphatic heterocycles. The van der Waals surface area contributed by atoms with Gasteiger partial charge in [0.2, 0.25) is 0 Å². The number of nitrogens with one attached hydrogen (secondary N) is 1. The van der Waals surface area contributed by atoms with Gasteiger partial charge in [0.25, 0.3) is 0 Å². The zero-order valence-corrected chi connectivity index (χ0v) is 12.9. The van der Waals surface area contributed by atoms with Crippen LogP contribution in [0.3, 0.4) is 0 Å². The summed E-state index contributed by atoms with van der Waals surface area (Å²) < 4.78 is 2.06. The average molecular weight is 263 g/mol. The minimum absolute atomic E-state index is 0.0772. The lowest BCUT2D eigenvalue weighted by molar-refractivity contribution is 0.351. The maximum absolute atomic E-state index is 4.47. The first-order chi connectivity index (χ1) is 8.97. The first-order valence-corrected chi connectivity index (χ1v) is 7.74. The van der Waals surface area contributed by atoms with Crippen molar-refractivity contribution >= 4 is 0 Å². The van der Waals surface area contributed by atoms with Crippen molar-refractivity contribution in [1.29, 1.82) is 0 Å². The third-order valence-electron chi connectivity index (χ3n) is 4.25. The molecule has 2 rings (SSSR count). The summed E-state index contributed by atoms with van der Waals surface area (Å²) in [5.74, 6) is 0.806. The van der Waals surface area contributed by atoms with E-state index in [1.54, 1.807) is 0 Å². The van der Waals surface area contributed by atoms with E-state index in [2.05, 4.69) is 49.0 Å². The van der Waals surface area contributed by atoms with Gasteiger partial charge in [-0.15, -0.1) is 0 Å². The fraction of sp³-hybridized carbons (Fsp3) is 0.812. The minimum atomic E-state index is 0.0772. The van der Waals surface area contributed by atoms with Gasteiger partial charge in [-0.2, -0.15) is 5.10 Å². The summed E-state index contributed by atoms with van der Waals surface area (Å²) in [6, 6.07) is 0.681. The smallest absolute Gasteiger partial charge is 0.0543 e. The first kappa shape index (κ1) is 14.6. The molecule has 108 valence electrons. The summed E-state index contributed by atoms with van der Waals surface area (Å²) in [5.41, 5.74) is 1.37. The molecule has 0 bridgehead atoms. The molecule has 2 atom stereocenters. The van der Waals surface area contributed by atoms with Crippen LogP contribution in [0.1, 0.15) is 65.4 Å². The van der Waals surface area contributed by atoms with Gasteiger partial charge in [0.1, 0.15) is 0 Å². The average Bonchev–Trinajstić information content (AvgIpc) is 2.72. The SMILES string of the molecule is CC1CCCCCC1NCc1cnn(C(C)(C)C)c1. The molecule has 0 spiro atoms. The third kappa shape index (κ3) is 4.07. The van der Waals surface area contributed by atoms with Gasteiger partial charge in [0, 0.05) is 24.3 Å². The van der Waals surface area contributed by atoms with Gasteiger partial charge < -0.3 is 5.32 Å². The number of aromatic nitrogens is 2. The van der Waals surface area contributed by atoms with Crippen LogP contribution in [0, 0.1) is 5.92 Å². The molecule has 1 aliphatic carbocycles. The first-order valence-electron chi connectivity index (χ1n) is 7.74. The quantitative estimate of drug-likeness (QED) is 0.843. The van der Waals surface area contributed by atoms with Gasteiger partial charge >= 0.3 is 0 Å². The molecule has 1 saturated carbocycles. The van der Waals surface area contributed by atoms with E-state index in [4.69, 9.17) is 0 Å². The maximum atomic E-state index is 4.47. The molecule has 1 aromatic heterocycles. The highest BCUT2D eigenvalue weighted by Crippen LogP contribution is 2.23. The molecule has 2 unspecified atom stereocenters. The van der Waals surface area contributed by atoms with E-state index in [1.807, 2.05) is 6.20 Å². The Morgan fingerprint density at radius 2 is 2.00 bits per heavy atom. The molecule has 0 saturated heterocycles. The van der Waals surface area contributed by atoms with Crippen molar-refractivity contribution in [3.05, 3.63) is 18.0 Å². The number of hydrogen-bond acceptors (Lipinski definition) is 2. The zero-order chi connectivity index (χ0) is 13.9. The molecule has 0 aromatic carbocycles. The maximum Gasteiger partial charge on any atom is 0.0543 e. The second-order valence-corrected chi connectivity index (χ2v) is 7.07. The molecule has 0 amide bonds. The van der Waals surface area contributed by atoms with Crippen LogP contribution in [-0.2, 0) is 12.1 Å². The van der Waals surface area contributed by atoms with E-state index in [0.29, 0.717) is 6.04 Å². The van der Waals surface area contributed by atoms with Gasteiger partial charge in [-0.3, -0.25) is 4.68 Å². The highest BCUT2D eigenvalue weighted by atomic mass is 15.3. The van der Waals surface area contributed by atoms with Crippen LogP contribution in [0.2, 0.25) is 0 Å². The predicted molar refractivity (Wildman–Crippen MR) is 80.1 cm³/mol. The van der Waals surface area contributed by atoms with Crippen LogP contribution >= 0.6 is 0 Å². The van der Waals surface area contributed by atoms with Gasteiger partial charge in [0.15, 0.2) is 0 Å². The Hall–Kier alpha value is -0.830. The standard InChI is InChI=1S/C16H29N3/c1-13-8-6-5-7-9-15(13)17-10-14-11-18-19(12-14)16(2,3)4/h11-13,15,17H,5-10H2,1-4H3. The van der Waals surface area contributed by atoms with Gasteiger partial charge in [0.05, 0.1) is 11.7 Å². The Balaban J connectivity index is 1.89. The largest absolute Gasteiger partial charge is 0.310 e. The molecule has 1 aromatic rings. The lowest BCUT2D eigenvalue weighted by Crippen LogP contribution is -2.33. The van der Waals surface area contributed by atoms with Crippen molar-refractivity contribution < 1.29 is 0 Å². The summed E-state index contributed by atoms with van der Waals surface area (Å²) in [6.07, 6.45) is 11.1. The Morgan fingerprint density at radius 1 is 1.26 bits per heavy atom. The van der Waals surface area contributed by atoms with Crippen molar-refractivity contribution in [3.63, 3.8) is 0 Å². The zero-order valence-electron chi connectivity index (χ0n) is 12.9. The van der Waals surface area contributed by atoms with Gasteiger partial charge in [-0.1, -0.05) is 26.2 Å². The van der Waals surface area contributed by atoms with E-state index in [0.717, 1.165) is 12.5 Å². The lowest BCUT2D eigenvalue weighted by Gasteiger charge is -2.22. The molecule has 0 radical (unpaired) electrons. The fourth-order valence-electron chi connectivity index (χ4n) is 2.86. The third-order valence-corrected chi connectivity index (χ3v) is 4.25. The Kier molecular flexibility index (Phi) is 4.67. The Bertz CT molecular complexity index is 389. The Labute approximate surface area is 117 Å². The Morgan fingerprint density at radius 3 is 2.68 bits per heavy atom. The molecular weight excluding hydrogens is 234 g/mol. The van der Waals surface area contributed by atoms with Crippen molar-refractivity contribution in [3.8, 4) is 0 Å². The van der Waals surface area contributed by atoms with Gasteiger partial charge in [-0.05, 0) is 39.5 Å². The van der Waals surface area contributed by atoms with Crippen molar-refractivity contribution in [2.75, 3.05) is 0 Å². The molecule has 1 aliphatic rings. The summed E-state index contributed by atoms with van der Waals surface area (Å²) in [6.45, 7) is 9.90. The van der Waals surface area contributed by atoms with E-state index in [-0.39, 0.29) is 5.54 Å². The topological polar surface area (TPSA) is 29.9 Å². The molecule has 19 heavy (non-hydrogen) atoms. The highest BCUT2D eigenvalue weighted by molar-refractivity contribution is 5.05. The molecule has 3 heteroatoms. The normalized spacial score (nSPS) is 25.3. The highest BCUT2D eigenvalue weighted by Gasteiger charge is 2.20. The van der Waals surface area contributed by atoms with Crippen molar-refractivity contribution in [2.24, 2.45) is 5.92 Å². The summed E-state index contributed by atoms with van der Waals surface area (Å²) in [7, 11) is 0. The second kappa shape index (κ2) is 6.08. The van der Waals surface area contributed by atoms with Crippen LogP contribution in [0.15, 0.2) is 12.4 Å². The fourth-order valence-corrected chi connectivity index (χ4v) is 2.86. The lowest BCUT2D eigenvalue weighted by atomic mass is 9.97. The van der Waals surface area contributed by atoms with Crippen LogP contribution < -0.4 is 5.32 Å². The van der Waals surface area contributed by atoms with Crippen LogP contribution in [0.5, 0.6) is 0 Å². The number of nitrogens with zero attached hydrogens (tertiary/aromatic N) is 2. The molecule has 1 fully saturated rings. The minimum Gasteiger partial charge on any atom is -0.310 e. The second-order valence-electron chi connectivity index (χ2n) is 7.07. The van der Waals surface area contributed by atoms with E-state index in [9.17, 15) is 0 Å². The van der Waals surface area contributed by atoms with Crippen LogP contribution in [0.25, 0.3) is 0 Å². The molecule has 3 nitrogen and oxygen atoms in total. The number of rotatable bonds is 3. The summed E-state index contributed by atoms with van der Waals surface area (Å²) in [4.78, 5) is 0. The van der Waals surface area contributed by atoms with Crippen LogP contribution in [-0.4, -0.2) is 15.8 Å². The summed E-state index contributed by atoms with van der Waals surface area (Å²) >= 11 is 0. The van der Waals surface area contributed by atoms with Crippen molar-refractivity contribution in [2.45, 2.75) is 77.9 Å².